The van der Waals surface area contributed by atoms with E-state index in [0.29, 0.717) is 25.5 Å². The summed E-state index contributed by atoms with van der Waals surface area (Å²) in [7, 11) is 0. The number of halogens is 1. The molecule has 21 heavy (non-hydrogen) atoms. The van der Waals surface area contributed by atoms with Gasteiger partial charge in [0.25, 0.3) is 0 Å². The van der Waals surface area contributed by atoms with E-state index in [1.807, 2.05) is 31.2 Å². The van der Waals surface area contributed by atoms with Crippen molar-refractivity contribution in [2.75, 3.05) is 13.2 Å². The minimum absolute atomic E-state index is 0.249. The molecule has 2 aromatic carbocycles. The highest BCUT2D eigenvalue weighted by Crippen LogP contribution is 2.19. The van der Waals surface area contributed by atoms with Gasteiger partial charge in [0.05, 0.1) is 13.2 Å². The first-order valence-electron chi connectivity index (χ1n) is 7.00. The van der Waals surface area contributed by atoms with Crippen LogP contribution in [0.25, 0.3) is 0 Å². The van der Waals surface area contributed by atoms with Crippen LogP contribution in [0.4, 0.5) is 4.39 Å². The Labute approximate surface area is 124 Å². The topological polar surface area (TPSA) is 44.5 Å². The second kappa shape index (κ2) is 7.64. The first kappa shape index (κ1) is 15.3. The second-order valence-electron chi connectivity index (χ2n) is 4.77. The number of rotatable bonds is 7. The lowest BCUT2D eigenvalue weighted by molar-refractivity contribution is 0.245. The van der Waals surface area contributed by atoms with Gasteiger partial charge in [0.1, 0.15) is 17.3 Å². The molecule has 3 nitrogen and oxygen atoms in total. The summed E-state index contributed by atoms with van der Waals surface area (Å²) in [6.07, 6.45) is 0.746. The number of aryl methyl sites for hydroxylation is 1. The second-order valence-corrected chi connectivity index (χ2v) is 4.77. The molecule has 0 amide bonds. The maximum Gasteiger partial charge on any atom is 0.123 e. The molecule has 0 aliphatic rings. The predicted molar refractivity (Wildman–Crippen MR) is 81.1 cm³/mol. The highest BCUT2D eigenvalue weighted by molar-refractivity contribution is 5.33. The molecule has 0 spiro atoms. The molecular weight excluding hydrogens is 269 g/mol. The largest absolute Gasteiger partial charge is 0.493 e. The molecule has 0 fully saturated rings. The van der Waals surface area contributed by atoms with Crippen molar-refractivity contribution in [1.29, 1.82) is 0 Å². The molecule has 2 rings (SSSR count). The third-order valence-corrected chi connectivity index (χ3v) is 3.13. The number of benzene rings is 2. The molecule has 0 bridgehead atoms. The fourth-order valence-electron chi connectivity index (χ4n) is 2.01. The molecule has 0 atom stereocenters. The molecular formula is C17H20FNO2. The van der Waals surface area contributed by atoms with E-state index in [2.05, 4.69) is 0 Å². The summed E-state index contributed by atoms with van der Waals surface area (Å²) < 4.78 is 24.3. The molecule has 0 unspecified atom stereocenters. The molecule has 0 aliphatic heterocycles. The lowest BCUT2D eigenvalue weighted by Gasteiger charge is -2.11. The van der Waals surface area contributed by atoms with Crippen LogP contribution in [0.5, 0.6) is 11.5 Å². The van der Waals surface area contributed by atoms with E-state index in [9.17, 15) is 4.39 Å². The van der Waals surface area contributed by atoms with Gasteiger partial charge in [0.2, 0.25) is 0 Å². The van der Waals surface area contributed by atoms with Crippen LogP contribution < -0.4 is 15.2 Å². The molecule has 0 radical (unpaired) electrons. The van der Waals surface area contributed by atoms with Gasteiger partial charge in [-0.25, -0.2) is 4.39 Å². The highest BCUT2D eigenvalue weighted by Gasteiger charge is 2.02. The fourth-order valence-corrected chi connectivity index (χ4v) is 2.01. The molecule has 0 saturated heterocycles. The molecule has 0 aliphatic carbocycles. The maximum atomic E-state index is 13.0. The van der Waals surface area contributed by atoms with Gasteiger partial charge in [0, 0.05) is 18.5 Å². The summed E-state index contributed by atoms with van der Waals surface area (Å²) in [6.45, 7) is 3.36. The van der Waals surface area contributed by atoms with Crippen LogP contribution in [0.2, 0.25) is 0 Å². The van der Waals surface area contributed by atoms with Crippen LogP contribution in [-0.4, -0.2) is 13.2 Å². The average Bonchev–Trinajstić information content (AvgIpc) is 2.49. The minimum atomic E-state index is -0.249. The van der Waals surface area contributed by atoms with E-state index in [1.54, 1.807) is 6.07 Å². The van der Waals surface area contributed by atoms with Crippen molar-refractivity contribution < 1.29 is 13.9 Å². The zero-order valence-corrected chi connectivity index (χ0v) is 12.1. The molecule has 0 heterocycles. The van der Waals surface area contributed by atoms with Crippen LogP contribution in [-0.2, 0) is 6.54 Å². The van der Waals surface area contributed by atoms with Gasteiger partial charge >= 0.3 is 0 Å². The Morgan fingerprint density at radius 1 is 1.00 bits per heavy atom. The van der Waals surface area contributed by atoms with Crippen molar-refractivity contribution in [3.63, 3.8) is 0 Å². The van der Waals surface area contributed by atoms with Crippen molar-refractivity contribution >= 4 is 0 Å². The summed E-state index contributed by atoms with van der Waals surface area (Å²) in [5.41, 5.74) is 7.44. The molecule has 112 valence electrons. The van der Waals surface area contributed by atoms with Gasteiger partial charge in [-0.1, -0.05) is 18.2 Å². The van der Waals surface area contributed by atoms with Gasteiger partial charge in [-0.15, -0.1) is 0 Å². The first-order chi connectivity index (χ1) is 10.2. The van der Waals surface area contributed by atoms with Gasteiger partial charge < -0.3 is 15.2 Å². The predicted octanol–water partition coefficient (Wildman–Crippen LogP) is 3.44. The maximum absolute atomic E-state index is 13.0. The lowest BCUT2D eigenvalue weighted by Crippen LogP contribution is -2.07. The summed E-state index contributed by atoms with van der Waals surface area (Å²) in [4.78, 5) is 0. The smallest absolute Gasteiger partial charge is 0.123 e. The van der Waals surface area contributed by atoms with Crippen molar-refractivity contribution in [3.8, 4) is 11.5 Å². The number of nitrogens with two attached hydrogens (primary N) is 1. The molecule has 0 aromatic heterocycles. The standard InChI is InChI=1S/C17H20FNO2/c1-13-11-15(18)7-8-16(13)20-9-4-10-21-17-6-3-2-5-14(17)12-19/h2-3,5-8,11H,4,9-10,12,19H2,1H3. The van der Waals surface area contributed by atoms with E-state index < -0.39 is 0 Å². The SMILES string of the molecule is Cc1cc(F)ccc1OCCCOc1ccccc1CN. The Hall–Kier alpha value is -2.07. The van der Waals surface area contributed by atoms with E-state index in [-0.39, 0.29) is 5.82 Å². The van der Waals surface area contributed by atoms with Gasteiger partial charge in [0.15, 0.2) is 0 Å². The number of para-hydroxylation sites is 1. The van der Waals surface area contributed by atoms with Crippen molar-refractivity contribution in [1.82, 2.24) is 0 Å². The van der Waals surface area contributed by atoms with Crippen molar-refractivity contribution in [2.45, 2.75) is 19.9 Å². The van der Waals surface area contributed by atoms with Crippen LogP contribution in [0.1, 0.15) is 17.5 Å². The van der Waals surface area contributed by atoms with Gasteiger partial charge in [-0.3, -0.25) is 0 Å². The fraction of sp³-hybridized carbons (Fsp3) is 0.294. The third kappa shape index (κ3) is 4.46. The summed E-state index contributed by atoms with van der Waals surface area (Å²) in [5, 5.41) is 0. The zero-order chi connectivity index (χ0) is 15.1. The molecule has 4 heteroatoms. The quantitative estimate of drug-likeness (QED) is 0.794. The van der Waals surface area contributed by atoms with Crippen molar-refractivity contribution in [3.05, 3.63) is 59.4 Å². The van der Waals surface area contributed by atoms with Gasteiger partial charge in [-0.05, 0) is 36.8 Å². The van der Waals surface area contributed by atoms with Crippen LogP contribution in [0.15, 0.2) is 42.5 Å². The van der Waals surface area contributed by atoms with E-state index in [4.69, 9.17) is 15.2 Å². The van der Waals surface area contributed by atoms with Crippen LogP contribution in [0.3, 0.4) is 0 Å². The number of hydrogen-bond acceptors (Lipinski definition) is 3. The van der Waals surface area contributed by atoms with Crippen LogP contribution in [0, 0.1) is 12.7 Å². The monoisotopic (exact) mass is 289 g/mol. The Morgan fingerprint density at radius 2 is 1.71 bits per heavy atom. The summed E-state index contributed by atoms with van der Waals surface area (Å²) in [6, 6.07) is 12.2. The van der Waals surface area contributed by atoms with E-state index in [1.165, 1.54) is 12.1 Å². The van der Waals surface area contributed by atoms with E-state index in [0.717, 1.165) is 23.3 Å². The first-order valence-corrected chi connectivity index (χ1v) is 7.00. The molecule has 0 saturated carbocycles. The van der Waals surface area contributed by atoms with E-state index >= 15 is 0 Å². The third-order valence-electron chi connectivity index (χ3n) is 3.13. The highest BCUT2D eigenvalue weighted by atomic mass is 19.1. The van der Waals surface area contributed by atoms with Crippen molar-refractivity contribution in [2.24, 2.45) is 5.73 Å². The molecule has 2 aromatic rings. The summed E-state index contributed by atoms with van der Waals surface area (Å²) in [5.74, 6) is 1.28. The Morgan fingerprint density at radius 3 is 2.43 bits per heavy atom. The minimum Gasteiger partial charge on any atom is -0.493 e. The summed E-state index contributed by atoms with van der Waals surface area (Å²) >= 11 is 0. The Kier molecular flexibility index (Phi) is 5.58. The lowest BCUT2D eigenvalue weighted by atomic mass is 10.2. The Bertz CT molecular complexity index is 587. The number of hydrogen-bond donors (Lipinski definition) is 1. The van der Waals surface area contributed by atoms with Crippen LogP contribution >= 0.6 is 0 Å². The average molecular weight is 289 g/mol. The molecule has 2 N–H and O–H groups in total. The number of ether oxygens (including phenoxy) is 2. The normalized spacial score (nSPS) is 10.4. The zero-order valence-electron chi connectivity index (χ0n) is 12.1. The van der Waals surface area contributed by atoms with Gasteiger partial charge in [-0.2, -0.15) is 0 Å². The Balaban J connectivity index is 1.75.